The molecular formula is C19H34O4. The zero-order valence-corrected chi connectivity index (χ0v) is 15.6. The fourth-order valence-electron chi connectivity index (χ4n) is 3.11. The maximum absolute atomic E-state index is 12.0. The van der Waals surface area contributed by atoms with Gasteiger partial charge in [0.2, 0.25) is 0 Å². The summed E-state index contributed by atoms with van der Waals surface area (Å²) >= 11 is 0. The van der Waals surface area contributed by atoms with E-state index in [0.717, 1.165) is 12.8 Å². The highest BCUT2D eigenvalue weighted by Crippen LogP contribution is 2.35. The quantitative estimate of drug-likeness (QED) is 0.505. The third-order valence-corrected chi connectivity index (χ3v) is 4.43. The fourth-order valence-corrected chi connectivity index (χ4v) is 3.11. The van der Waals surface area contributed by atoms with Gasteiger partial charge in [0.05, 0.1) is 13.0 Å². The van der Waals surface area contributed by atoms with Gasteiger partial charge < -0.3 is 9.47 Å². The average molecular weight is 326 g/mol. The Hall–Kier alpha value is -1.06. The van der Waals surface area contributed by atoms with Crippen LogP contribution in [-0.2, 0) is 19.1 Å². The number of carbonyl (C=O) groups is 2. The van der Waals surface area contributed by atoms with Gasteiger partial charge >= 0.3 is 11.9 Å². The van der Waals surface area contributed by atoms with Crippen LogP contribution in [-0.4, -0.2) is 24.1 Å². The Balaban J connectivity index is 2.22. The van der Waals surface area contributed by atoms with Gasteiger partial charge in [0.15, 0.2) is 0 Å². The molecule has 4 nitrogen and oxygen atoms in total. The molecule has 0 saturated heterocycles. The molecular weight excluding hydrogens is 292 g/mol. The Kier molecular flexibility index (Phi) is 7.56. The van der Waals surface area contributed by atoms with E-state index in [1.54, 1.807) is 0 Å². The van der Waals surface area contributed by atoms with Crippen LogP contribution in [0.2, 0.25) is 0 Å². The first-order valence-corrected chi connectivity index (χ1v) is 8.98. The number of esters is 2. The zero-order valence-electron chi connectivity index (χ0n) is 15.6. The molecule has 1 aliphatic carbocycles. The van der Waals surface area contributed by atoms with Crippen molar-refractivity contribution in [3.8, 4) is 0 Å². The summed E-state index contributed by atoms with van der Waals surface area (Å²) in [6, 6.07) is 0. The Bertz CT molecular complexity index is 387. The first-order valence-electron chi connectivity index (χ1n) is 8.98. The predicted octanol–water partition coefficient (Wildman–Crippen LogP) is 4.65. The highest BCUT2D eigenvalue weighted by Gasteiger charge is 2.33. The maximum atomic E-state index is 12.0. The Morgan fingerprint density at radius 2 is 1.57 bits per heavy atom. The molecule has 0 N–H and O–H groups in total. The maximum Gasteiger partial charge on any atom is 0.306 e. The van der Waals surface area contributed by atoms with Gasteiger partial charge in [-0.1, -0.05) is 40.0 Å². The summed E-state index contributed by atoms with van der Waals surface area (Å²) in [6.07, 6.45) is 7.27. The van der Waals surface area contributed by atoms with E-state index in [2.05, 4.69) is 0 Å². The van der Waals surface area contributed by atoms with Crippen molar-refractivity contribution in [2.24, 2.45) is 11.3 Å². The summed E-state index contributed by atoms with van der Waals surface area (Å²) in [5, 5.41) is 0. The molecule has 1 fully saturated rings. The minimum absolute atomic E-state index is 0.0694. The molecule has 0 spiro atoms. The lowest BCUT2D eigenvalue weighted by molar-refractivity contribution is -0.164. The van der Waals surface area contributed by atoms with Crippen molar-refractivity contribution >= 4 is 11.9 Å². The van der Waals surface area contributed by atoms with Crippen molar-refractivity contribution in [2.75, 3.05) is 6.61 Å². The van der Waals surface area contributed by atoms with E-state index >= 15 is 0 Å². The average Bonchev–Trinajstić information content (AvgIpc) is 2.42. The van der Waals surface area contributed by atoms with Crippen LogP contribution in [0.1, 0.15) is 86.0 Å². The molecule has 4 heteroatoms. The molecule has 0 aromatic rings. The molecule has 0 aliphatic heterocycles. The molecule has 23 heavy (non-hydrogen) atoms. The number of hydrogen-bond donors (Lipinski definition) is 0. The van der Waals surface area contributed by atoms with Crippen LogP contribution in [0.5, 0.6) is 0 Å². The van der Waals surface area contributed by atoms with Crippen LogP contribution >= 0.6 is 0 Å². The molecule has 0 unspecified atom stereocenters. The smallest absolute Gasteiger partial charge is 0.306 e. The predicted molar refractivity (Wildman–Crippen MR) is 91.0 cm³/mol. The monoisotopic (exact) mass is 326 g/mol. The van der Waals surface area contributed by atoms with Gasteiger partial charge in [0.25, 0.3) is 0 Å². The van der Waals surface area contributed by atoms with Crippen LogP contribution in [0.4, 0.5) is 0 Å². The van der Waals surface area contributed by atoms with Gasteiger partial charge in [-0.2, -0.15) is 0 Å². The third kappa shape index (κ3) is 8.38. The summed E-state index contributed by atoms with van der Waals surface area (Å²) < 4.78 is 10.9. The first kappa shape index (κ1) is 20.0. The number of rotatable bonds is 7. The Morgan fingerprint density at radius 1 is 0.957 bits per heavy atom. The second-order valence-electron chi connectivity index (χ2n) is 8.47. The second-order valence-corrected chi connectivity index (χ2v) is 8.47. The van der Waals surface area contributed by atoms with Crippen molar-refractivity contribution in [2.45, 2.75) is 91.6 Å². The van der Waals surface area contributed by atoms with Crippen LogP contribution < -0.4 is 0 Å². The standard InChI is InChI=1S/C19H34O4/c1-18(2,3)14-17(21)22-13-9-12-16(20)23-19(4,5)15-10-7-6-8-11-15/h15H,6-14H2,1-5H3. The van der Waals surface area contributed by atoms with Gasteiger partial charge in [0, 0.05) is 6.42 Å². The minimum atomic E-state index is -0.388. The molecule has 0 heterocycles. The lowest BCUT2D eigenvalue weighted by Crippen LogP contribution is -2.37. The molecule has 1 saturated carbocycles. The molecule has 0 atom stereocenters. The van der Waals surface area contributed by atoms with Crippen molar-refractivity contribution in [1.82, 2.24) is 0 Å². The van der Waals surface area contributed by atoms with E-state index < -0.39 is 0 Å². The van der Waals surface area contributed by atoms with E-state index in [1.165, 1.54) is 19.3 Å². The highest BCUT2D eigenvalue weighted by molar-refractivity contribution is 5.71. The van der Waals surface area contributed by atoms with Crippen molar-refractivity contribution < 1.29 is 19.1 Å². The van der Waals surface area contributed by atoms with Crippen LogP contribution in [0.3, 0.4) is 0 Å². The molecule has 1 aliphatic rings. The number of hydrogen-bond acceptors (Lipinski definition) is 4. The van der Waals surface area contributed by atoms with Crippen molar-refractivity contribution in [3.63, 3.8) is 0 Å². The van der Waals surface area contributed by atoms with E-state index in [4.69, 9.17) is 9.47 Å². The van der Waals surface area contributed by atoms with Crippen molar-refractivity contribution in [3.05, 3.63) is 0 Å². The summed E-state index contributed by atoms with van der Waals surface area (Å²) in [5.74, 6) is 0.0747. The molecule has 0 amide bonds. The molecule has 0 radical (unpaired) electrons. The van der Waals surface area contributed by atoms with Gasteiger partial charge in [-0.3, -0.25) is 9.59 Å². The summed E-state index contributed by atoms with van der Waals surface area (Å²) in [7, 11) is 0. The Morgan fingerprint density at radius 3 is 2.13 bits per heavy atom. The topological polar surface area (TPSA) is 52.6 Å². The van der Waals surface area contributed by atoms with Crippen molar-refractivity contribution in [1.29, 1.82) is 0 Å². The van der Waals surface area contributed by atoms with Gasteiger partial charge in [-0.15, -0.1) is 0 Å². The summed E-state index contributed by atoms with van der Waals surface area (Å²) in [4.78, 5) is 23.6. The van der Waals surface area contributed by atoms with Crippen LogP contribution in [0.15, 0.2) is 0 Å². The highest BCUT2D eigenvalue weighted by atomic mass is 16.6. The lowest BCUT2D eigenvalue weighted by atomic mass is 9.79. The largest absolute Gasteiger partial charge is 0.466 e. The number of carbonyl (C=O) groups excluding carboxylic acids is 2. The van der Waals surface area contributed by atoms with E-state index in [0.29, 0.717) is 25.2 Å². The summed E-state index contributed by atoms with van der Waals surface area (Å²) in [5.41, 5.74) is -0.458. The Labute approximate surface area is 141 Å². The molecule has 0 aromatic carbocycles. The lowest BCUT2D eigenvalue weighted by Gasteiger charge is -2.36. The first-order chi connectivity index (χ1) is 10.6. The molecule has 0 bridgehead atoms. The van der Waals surface area contributed by atoms with Gasteiger partial charge in [0.1, 0.15) is 5.60 Å². The molecule has 1 rings (SSSR count). The molecule has 134 valence electrons. The van der Waals surface area contributed by atoms with Gasteiger partial charge in [-0.05, 0) is 44.4 Å². The third-order valence-electron chi connectivity index (χ3n) is 4.43. The zero-order chi connectivity index (χ0) is 17.5. The van der Waals surface area contributed by atoms with Crippen LogP contribution in [0.25, 0.3) is 0 Å². The number of ether oxygens (including phenoxy) is 2. The summed E-state index contributed by atoms with van der Waals surface area (Å²) in [6.45, 7) is 10.3. The van der Waals surface area contributed by atoms with E-state index in [9.17, 15) is 9.59 Å². The fraction of sp³-hybridized carbons (Fsp3) is 0.895. The minimum Gasteiger partial charge on any atom is -0.466 e. The molecule has 0 aromatic heterocycles. The van der Waals surface area contributed by atoms with Gasteiger partial charge in [-0.25, -0.2) is 0 Å². The van der Waals surface area contributed by atoms with Crippen LogP contribution in [0, 0.1) is 11.3 Å². The van der Waals surface area contributed by atoms with E-state index in [1.807, 2.05) is 34.6 Å². The SMILES string of the molecule is CC(C)(C)CC(=O)OCCCC(=O)OC(C)(C)C1CCCCC1. The second kappa shape index (κ2) is 8.70. The van der Waals surface area contributed by atoms with E-state index in [-0.39, 0.29) is 29.6 Å². The normalized spacial score (nSPS) is 16.9.